The van der Waals surface area contributed by atoms with Gasteiger partial charge in [0.2, 0.25) is 10.0 Å². The van der Waals surface area contributed by atoms with E-state index in [0.717, 1.165) is 31.0 Å². The predicted octanol–water partition coefficient (Wildman–Crippen LogP) is 0.459. The fraction of sp³-hybridized carbons (Fsp3) is 0.455. The summed E-state index contributed by atoms with van der Waals surface area (Å²) in [4.78, 5) is -0.141. The normalized spacial score (nSPS) is 17.7. The molecule has 18 heavy (non-hydrogen) atoms. The van der Waals surface area contributed by atoms with Gasteiger partial charge in [-0.3, -0.25) is 0 Å². The second-order valence-electron chi connectivity index (χ2n) is 4.66. The van der Waals surface area contributed by atoms with Crippen molar-refractivity contribution in [3.05, 3.63) is 24.0 Å². The molecule has 1 saturated carbocycles. The van der Waals surface area contributed by atoms with Gasteiger partial charge in [-0.15, -0.1) is 0 Å². The number of sulfonamides is 1. The fourth-order valence-corrected chi connectivity index (χ4v) is 2.93. The molecule has 0 saturated heterocycles. The van der Waals surface area contributed by atoms with Crippen LogP contribution in [0.25, 0.3) is 0 Å². The van der Waals surface area contributed by atoms with Gasteiger partial charge in [-0.1, -0.05) is 0 Å². The zero-order valence-electron chi connectivity index (χ0n) is 9.69. The van der Waals surface area contributed by atoms with Gasteiger partial charge < -0.3 is 10.8 Å². The van der Waals surface area contributed by atoms with E-state index in [9.17, 15) is 12.8 Å². The quantitative estimate of drug-likeness (QED) is 0.680. The maximum absolute atomic E-state index is 12.8. The van der Waals surface area contributed by atoms with E-state index in [-0.39, 0.29) is 29.1 Å². The van der Waals surface area contributed by atoms with Crippen LogP contribution in [0.1, 0.15) is 12.8 Å². The van der Waals surface area contributed by atoms with Gasteiger partial charge in [0.1, 0.15) is 10.7 Å². The Morgan fingerprint density at radius 2 is 2.11 bits per heavy atom. The van der Waals surface area contributed by atoms with E-state index in [2.05, 4.69) is 4.72 Å². The molecule has 1 aliphatic carbocycles. The number of nitrogens with one attached hydrogen (secondary N) is 1. The minimum atomic E-state index is -3.76. The standard InChI is InChI=1S/C11H15FN2O3S/c12-8-1-2-10(9(13)5-8)18(16,17)14-6-11(7-15)3-4-11/h1-2,5,14-15H,3-4,6-7,13H2. The number of nitrogen functional groups attached to an aromatic ring is 1. The molecule has 0 aromatic heterocycles. The van der Waals surface area contributed by atoms with E-state index in [1.54, 1.807) is 0 Å². The highest BCUT2D eigenvalue weighted by Crippen LogP contribution is 2.44. The van der Waals surface area contributed by atoms with Crippen LogP contribution in [0.3, 0.4) is 0 Å². The van der Waals surface area contributed by atoms with E-state index < -0.39 is 15.8 Å². The van der Waals surface area contributed by atoms with Gasteiger partial charge in [-0.05, 0) is 31.0 Å². The molecule has 0 amide bonds. The van der Waals surface area contributed by atoms with Crippen molar-refractivity contribution >= 4 is 15.7 Å². The number of nitrogens with two attached hydrogens (primary N) is 1. The van der Waals surface area contributed by atoms with Crippen LogP contribution in [0.15, 0.2) is 23.1 Å². The first-order chi connectivity index (χ1) is 8.38. The Balaban J connectivity index is 2.15. The molecule has 0 spiro atoms. The minimum absolute atomic E-state index is 0.0472. The molecule has 1 aromatic carbocycles. The van der Waals surface area contributed by atoms with Crippen LogP contribution >= 0.6 is 0 Å². The maximum atomic E-state index is 12.8. The summed E-state index contributed by atoms with van der Waals surface area (Å²) in [6.07, 6.45) is 1.59. The molecule has 100 valence electrons. The number of aliphatic hydroxyl groups is 1. The lowest BCUT2D eigenvalue weighted by atomic mass is 10.1. The number of benzene rings is 1. The van der Waals surface area contributed by atoms with Crippen molar-refractivity contribution in [3.63, 3.8) is 0 Å². The van der Waals surface area contributed by atoms with Crippen molar-refractivity contribution in [1.82, 2.24) is 4.72 Å². The molecular weight excluding hydrogens is 259 g/mol. The molecule has 0 unspecified atom stereocenters. The van der Waals surface area contributed by atoms with Gasteiger partial charge in [-0.2, -0.15) is 0 Å². The van der Waals surface area contributed by atoms with Gasteiger partial charge in [0.05, 0.1) is 5.69 Å². The van der Waals surface area contributed by atoms with Crippen LogP contribution in [-0.2, 0) is 10.0 Å². The van der Waals surface area contributed by atoms with Crippen LogP contribution in [0.2, 0.25) is 0 Å². The zero-order valence-corrected chi connectivity index (χ0v) is 10.5. The third-order valence-electron chi connectivity index (χ3n) is 3.19. The van der Waals surface area contributed by atoms with Crippen molar-refractivity contribution in [1.29, 1.82) is 0 Å². The highest BCUT2D eigenvalue weighted by molar-refractivity contribution is 7.89. The lowest BCUT2D eigenvalue weighted by Gasteiger charge is -2.14. The molecule has 1 aromatic rings. The Labute approximate surface area is 105 Å². The topological polar surface area (TPSA) is 92.4 Å². The zero-order chi connectivity index (χ0) is 13.4. The van der Waals surface area contributed by atoms with Crippen LogP contribution in [-0.4, -0.2) is 26.7 Å². The number of anilines is 1. The van der Waals surface area contributed by atoms with Gasteiger partial charge in [-0.25, -0.2) is 17.5 Å². The second kappa shape index (κ2) is 4.49. The van der Waals surface area contributed by atoms with E-state index >= 15 is 0 Å². The Kier molecular flexibility index (Phi) is 3.31. The lowest BCUT2D eigenvalue weighted by molar-refractivity contribution is 0.213. The molecule has 1 aliphatic rings. The summed E-state index contributed by atoms with van der Waals surface area (Å²) in [6.45, 7) is 0.122. The van der Waals surface area contributed by atoms with Crippen molar-refractivity contribution in [2.45, 2.75) is 17.7 Å². The Bertz CT molecular complexity index is 555. The van der Waals surface area contributed by atoms with E-state index in [1.807, 2.05) is 0 Å². The Hall–Kier alpha value is -1.18. The summed E-state index contributed by atoms with van der Waals surface area (Å²) < 4.78 is 39.2. The molecule has 1 fully saturated rings. The summed E-state index contributed by atoms with van der Waals surface area (Å²) >= 11 is 0. The third kappa shape index (κ3) is 2.63. The molecule has 0 aliphatic heterocycles. The average molecular weight is 274 g/mol. The summed E-state index contributed by atoms with van der Waals surface area (Å²) in [5.74, 6) is -0.583. The molecule has 0 radical (unpaired) electrons. The lowest BCUT2D eigenvalue weighted by Crippen LogP contribution is -2.32. The first-order valence-electron chi connectivity index (χ1n) is 5.54. The van der Waals surface area contributed by atoms with E-state index in [0.29, 0.717) is 0 Å². The second-order valence-corrected chi connectivity index (χ2v) is 6.40. The number of hydrogen-bond acceptors (Lipinski definition) is 4. The van der Waals surface area contributed by atoms with Crippen molar-refractivity contribution in [3.8, 4) is 0 Å². The van der Waals surface area contributed by atoms with E-state index in [1.165, 1.54) is 0 Å². The molecule has 2 rings (SSSR count). The minimum Gasteiger partial charge on any atom is -0.398 e. The molecule has 0 atom stereocenters. The SMILES string of the molecule is Nc1cc(F)ccc1S(=O)(=O)NCC1(CO)CC1. The highest BCUT2D eigenvalue weighted by atomic mass is 32.2. The first kappa shape index (κ1) is 13.3. The highest BCUT2D eigenvalue weighted by Gasteiger charge is 2.42. The Morgan fingerprint density at radius 3 is 2.61 bits per heavy atom. The van der Waals surface area contributed by atoms with Gasteiger partial charge >= 0.3 is 0 Å². The summed E-state index contributed by atoms with van der Waals surface area (Å²) in [7, 11) is -3.76. The monoisotopic (exact) mass is 274 g/mol. The van der Waals surface area contributed by atoms with Crippen LogP contribution < -0.4 is 10.5 Å². The van der Waals surface area contributed by atoms with Gasteiger partial charge in [0.15, 0.2) is 0 Å². The van der Waals surface area contributed by atoms with Crippen molar-refractivity contribution < 1.29 is 17.9 Å². The number of hydrogen-bond donors (Lipinski definition) is 3. The third-order valence-corrected chi connectivity index (χ3v) is 4.67. The summed E-state index contributed by atoms with van der Waals surface area (Å²) in [5, 5.41) is 9.11. The Morgan fingerprint density at radius 1 is 1.44 bits per heavy atom. The average Bonchev–Trinajstić information content (AvgIpc) is 3.07. The largest absolute Gasteiger partial charge is 0.398 e. The summed E-state index contributed by atoms with van der Waals surface area (Å²) in [5.41, 5.74) is 5.03. The van der Waals surface area contributed by atoms with Crippen molar-refractivity contribution in [2.24, 2.45) is 5.41 Å². The molecule has 0 heterocycles. The number of aliphatic hydroxyl groups excluding tert-OH is 1. The fourth-order valence-electron chi connectivity index (χ4n) is 1.66. The first-order valence-corrected chi connectivity index (χ1v) is 7.02. The smallest absolute Gasteiger partial charge is 0.242 e. The van der Waals surface area contributed by atoms with Crippen LogP contribution in [0.4, 0.5) is 10.1 Å². The molecular formula is C11H15FN2O3S. The number of halogens is 1. The van der Waals surface area contributed by atoms with E-state index in [4.69, 9.17) is 10.8 Å². The molecule has 4 N–H and O–H groups in total. The van der Waals surface area contributed by atoms with Crippen LogP contribution in [0, 0.1) is 11.2 Å². The molecule has 7 heteroatoms. The van der Waals surface area contributed by atoms with Crippen LogP contribution in [0.5, 0.6) is 0 Å². The van der Waals surface area contributed by atoms with Crippen molar-refractivity contribution in [2.75, 3.05) is 18.9 Å². The predicted molar refractivity (Wildman–Crippen MR) is 64.8 cm³/mol. The van der Waals surface area contributed by atoms with Gasteiger partial charge in [0.25, 0.3) is 0 Å². The summed E-state index contributed by atoms with van der Waals surface area (Å²) in [6, 6.07) is 3.14. The molecule has 0 bridgehead atoms. The maximum Gasteiger partial charge on any atom is 0.242 e. The number of rotatable bonds is 5. The van der Waals surface area contributed by atoms with Gasteiger partial charge in [0, 0.05) is 18.6 Å². The molecule has 5 nitrogen and oxygen atoms in total.